The fourth-order valence-electron chi connectivity index (χ4n) is 6.33. The Morgan fingerprint density at radius 2 is 1.42 bits per heavy atom. The van der Waals surface area contributed by atoms with Crippen LogP contribution in [0.1, 0.15) is 88.5 Å². The van der Waals surface area contributed by atoms with E-state index in [-0.39, 0.29) is 39.6 Å². The number of hydrogen-bond donors (Lipinski definition) is 2. The van der Waals surface area contributed by atoms with Crippen molar-refractivity contribution in [2.45, 2.75) is 101 Å². The van der Waals surface area contributed by atoms with Crippen molar-refractivity contribution in [1.82, 2.24) is 0 Å². The van der Waals surface area contributed by atoms with E-state index in [0.717, 1.165) is 35.1 Å². The predicted molar refractivity (Wildman–Crippen MR) is 190 cm³/mol. The third-order valence-corrected chi connectivity index (χ3v) is 8.60. The van der Waals surface area contributed by atoms with Crippen LogP contribution < -0.4 is 0 Å². The maximum Gasteiger partial charge on any atom is 0.269 e. The minimum Gasteiger partial charge on any atom is -0.393 e. The van der Waals surface area contributed by atoms with Crippen LogP contribution >= 0.6 is 0 Å². The quantitative estimate of drug-likeness (QED) is 0.105. The van der Waals surface area contributed by atoms with Gasteiger partial charge in [-0.15, -0.1) is 0 Å². The van der Waals surface area contributed by atoms with Crippen molar-refractivity contribution in [1.29, 1.82) is 0 Å². The van der Waals surface area contributed by atoms with Gasteiger partial charge in [0.1, 0.15) is 0 Å². The number of aliphatic hydroxyl groups excluding tert-OH is 2. The zero-order valence-corrected chi connectivity index (χ0v) is 29.1. The van der Waals surface area contributed by atoms with Crippen molar-refractivity contribution in [3.05, 3.63) is 140 Å². The molecule has 3 atom stereocenters. The number of allylic oxidation sites excluding steroid dienone is 19. The molecule has 244 valence electrons. The van der Waals surface area contributed by atoms with Crippen molar-refractivity contribution < 1.29 is 15.1 Å². The van der Waals surface area contributed by atoms with Crippen LogP contribution in [0.15, 0.2) is 130 Å². The van der Waals surface area contributed by atoms with Crippen LogP contribution in [0.5, 0.6) is 0 Å². The molecule has 5 heteroatoms. The van der Waals surface area contributed by atoms with E-state index in [2.05, 4.69) is 65.8 Å². The molecule has 2 aliphatic carbocycles. The van der Waals surface area contributed by atoms with Gasteiger partial charge in [0.2, 0.25) is 0 Å². The highest BCUT2D eigenvalue weighted by molar-refractivity contribution is 5.38. The van der Waals surface area contributed by atoms with E-state index in [1.165, 1.54) is 22.8 Å². The van der Waals surface area contributed by atoms with E-state index in [1.807, 2.05) is 70.2 Å². The van der Waals surface area contributed by atoms with Gasteiger partial charge in [-0.1, -0.05) is 128 Å². The normalized spacial score (nSPS) is 25.7. The highest BCUT2D eigenvalue weighted by Crippen LogP contribution is 2.42. The zero-order chi connectivity index (χ0) is 33.9. The van der Waals surface area contributed by atoms with Crippen molar-refractivity contribution in [2.24, 2.45) is 16.7 Å². The van der Waals surface area contributed by atoms with Gasteiger partial charge >= 0.3 is 0 Å². The third kappa shape index (κ3) is 12.4. The summed E-state index contributed by atoms with van der Waals surface area (Å²) < 4.78 is 0. The monoisotopic (exact) mass is 613 g/mol. The van der Waals surface area contributed by atoms with E-state index >= 15 is 0 Å². The summed E-state index contributed by atoms with van der Waals surface area (Å²) in [5.74, 6) is 0.279. The Morgan fingerprint density at radius 1 is 0.844 bits per heavy atom. The lowest BCUT2D eigenvalue weighted by atomic mass is 9.67. The van der Waals surface area contributed by atoms with Gasteiger partial charge < -0.3 is 10.2 Å². The molecule has 0 aromatic rings. The lowest BCUT2D eigenvalue weighted by Crippen LogP contribution is -2.32. The third-order valence-electron chi connectivity index (χ3n) is 8.60. The van der Waals surface area contributed by atoms with Gasteiger partial charge in [0.25, 0.3) is 5.70 Å². The highest BCUT2D eigenvalue weighted by atomic mass is 16.6. The molecule has 0 aromatic carbocycles. The summed E-state index contributed by atoms with van der Waals surface area (Å²) in [4.78, 5) is 11.3. The minimum absolute atomic E-state index is 0.00325. The topological polar surface area (TPSA) is 83.6 Å². The van der Waals surface area contributed by atoms with Gasteiger partial charge in [-0.25, -0.2) is 0 Å². The van der Waals surface area contributed by atoms with E-state index in [4.69, 9.17) is 0 Å². The average molecular weight is 614 g/mol. The molecule has 2 aliphatic rings. The molecule has 45 heavy (non-hydrogen) atoms. The Hall–Kier alpha value is -3.54. The van der Waals surface area contributed by atoms with Crippen LogP contribution in [0.4, 0.5) is 0 Å². The average Bonchev–Trinajstić information content (AvgIpc) is 2.88. The smallest absolute Gasteiger partial charge is 0.269 e. The van der Waals surface area contributed by atoms with E-state index in [9.17, 15) is 20.3 Å². The summed E-state index contributed by atoms with van der Waals surface area (Å²) >= 11 is 0. The van der Waals surface area contributed by atoms with Gasteiger partial charge in [0, 0.05) is 18.1 Å². The number of hydrogen-bond acceptors (Lipinski definition) is 4. The van der Waals surface area contributed by atoms with E-state index in [0.29, 0.717) is 6.42 Å². The number of nitrogens with zero attached hydrogens (tertiary/aromatic N) is 1. The zero-order valence-electron chi connectivity index (χ0n) is 29.1. The first-order chi connectivity index (χ1) is 20.9. The molecule has 2 N–H and O–H groups in total. The molecule has 0 heterocycles. The SMILES string of the molecule is CC1=C[C@H](O)CC(C)(C)[C@H]1/C=C/C(C)=C/C=C/C(C)=C/C=C(/C=C(C)/C=C/C=C(C)/C=C/C1=C(C)C[C@@H](O)CC1(C)C)[N+](=O)[O-]. The van der Waals surface area contributed by atoms with Gasteiger partial charge in [-0.05, 0) is 82.8 Å². The summed E-state index contributed by atoms with van der Waals surface area (Å²) in [7, 11) is 0. The van der Waals surface area contributed by atoms with Crippen LogP contribution in [0.3, 0.4) is 0 Å². The Labute approximate surface area is 272 Å². The summed E-state index contributed by atoms with van der Waals surface area (Å²) in [6.45, 7) is 20.7. The molecule has 0 saturated carbocycles. The first-order valence-corrected chi connectivity index (χ1v) is 15.9. The molecule has 0 radical (unpaired) electrons. The Bertz CT molecular complexity index is 1430. The maximum atomic E-state index is 11.7. The van der Waals surface area contributed by atoms with Crippen LogP contribution in [0, 0.1) is 26.9 Å². The molecular formula is C40H55NO4. The molecular weight excluding hydrogens is 558 g/mol. The van der Waals surface area contributed by atoms with E-state index < -0.39 is 0 Å². The Morgan fingerprint density at radius 3 is 2.00 bits per heavy atom. The predicted octanol–water partition coefficient (Wildman–Crippen LogP) is 10.0. The first-order valence-electron chi connectivity index (χ1n) is 15.9. The number of nitro groups is 1. The molecule has 0 unspecified atom stereocenters. The van der Waals surface area contributed by atoms with Gasteiger partial charge in [-0.2, -0.15) is 0 Å². The minimum atomic E-state index is -0.376. The van der Waals surface area contributed by atoms with E-state index in [1.54, 1.807) is 12.2 Å². The molecule has 5 nitrogen and oxygen atoms in total. The van der Waals surface area contributed by atoms with Crippen LogP contribution in [-0.2, 0) is 0 Å². The fourth-order valence-corrected chi connectivity index (χ4v) is 6.33. The Kier molecular flexibility index (Phi) is 14.0. The van der Waals surface area contributed by atoms with Crippen LogP contribution in [0.25, 0.3) is 0 Å². The molecule has 0 amide bonds. The molecule has 0 bridgehead atoms. The second-order valence-electron chi connectivity index (χ2n) is 14.2. The summed E-state index contributed by atoms with van der Waals surface area (Å²) in [5.41, 5.74) is 7.50. The Balaban J connectivity index is 2.06. The molecule has 0 aromatic heterocycles. The fraction of sp³-hybridized carbons (Fsp3) is 0.450. The molecule has 0 aliphatic heterocycles. The molecule has 2 rings (SSSR count). The highest BCUT2D eigenvalue weighted by Gasteiger charge is 2.34. The molecule has 0 spiro atoms. The molecule has 0 fully saturated rings. The van der Waals surface area contributed by atoms with Gasteiger partial charge in [-0.3, -0.25) is 10.1 Å². The summed E-state index contributed by atoms with van der Waals surface area (Å²) in [6.07, 6.45) is 28.6. The lowest BCUT2D eigenvalue weighted by molar-refractivity contribution is -0.419. The number of rotatable bonds is 11. The van der Waals surface area contributed by atoms with Crippen LogP contribution in [0.2, 0.25) is 0 Å². The molecule has 0 saturated heterocycles. The first kappa shape index (κ1) is 37.6. The largest absolute Gasteiger partial charge is 0.393 e. The second-order valence-corrected chi connectivity index (χ2v) is 14.2. The van der Waals surface area contributed by atoms with Crippen LogP contribution in [-0.4, -0.2) is 27.3 Å². The van der Waals surface area contributed by atoms with Gasteiger partial charge in [0.15, 0.2) is 0 Å². The van der Waals surface area contributed by atoms with Crippen molar-refractivity contribution >= 4 is 0 Å². The second kappa shape index (κ2) is 16.7. The van der Waals surface area contributed by atoms with Crippen molar-refractivity contribution in [3.63, 3.8) is 0 Å². The standard InChI is InChI=1S/C40H55NO4/c1-28(13-11-14-29(2)18-21-37-32(5)24-35(42)26-39(37,7)8)17-20-34(41(44)45)23-31(4)16-12-15-30(3)19-22-38-33(6)25-36(43)27-40(38,9)10/h11-24,35-37,42-43H,25-27H2,1-10H3/b13-11+,16-12+,21-18+,22-19+,28-17+,29-14+,30-15+,31-23+,34-20-/t35-,36+,37-/m0/s1. The summed E-state index contributed by atoms with van der Waals surface area (Å²) in [6, 6.07) is 0. The van der Waals surface area contributed by atoms with Crippen molar-refractivity contribution in [2.75, 3.05) is 0 Å². The lowest BCUT2D eigenvalue weighted by Gasteiger charge is -2.38. The maximum absolute atomic E-state index is 11.7. The van der Waals surface area contributed by atoms with Gasteiger partial charge in [0.05, 0.1) is 17.1 Å². The number of aliphatic hydroxyl groups is 2. The van der Waals surface area contributed by atoms with Crippen molar-refractivity contribution in [3.8, 4) is 0 Å². The summed E-state index contributed by atoms with van der Waals surface area (Å²) in [5, 5.41) is 31.9.